The van der Waals surface area contributed by atoms with E-state index in [0.29, 0.717) is 6.10 Å². The summed E-state index contributed by atoms with van der Waals surface area (Å²) in [5, 5.41) is 8.74. The van der Waals surface area contributed by atoms with Crippen molar-refractivity contribution < 1.29 is 9.84 Å². The molecule has 0 aromatic rings. The minimum atomic E-state index is 0.126. The van der Waals surface area contributed by atoms with Gasteiger partial charge in [-0.1, -0.05) is 23.3 Å². The van der Waals surface area contributed by atoms with E-state index in [2.05, 4.69) is 33.8 Å². The molecule has 1 atom stereocenters. The maximum Gasteiger partial charge on any atom is 0.0892 e. The molecule has 0 bridgehead atoms. The fraction of sp³-hybridized carbons (Fsp3) is 0.733. The predicted octanol–water partition coefficient (Wildman–Crippen LogP) is 3.61. The van der Waals surface area contributed by atoms with E-state index in [1.807, 2.05) is 6.08 Å². The van der Waals surface area contributed by atoms with Crippen LogP contribution >= 0.6 is 0 Å². The number of epoxide rings is 1. The van der Waals surface area contributed by atoms with Gasteiger partial charge < -0.3 is 9.84 Å². The van der Waals surface area contributed by atoms with E-state index in [1.165, 1.54) is 11.1 Å². The highest BCUT2D eigenvalue weighted by Gasteiger charge is 2.46. The van der Waals surface area contributed by atoms with Crippen molar-refractivity contribution in [2.24, 2.45) is 0 Å². The van der Waals surface area contributed by atoms with Gasteiger partial charge in [0, 0.05) is 0 Å². The lowest BCUT2D eigenvalue weighted by molar-refractivity contribution is 0.320. The average molecular weight is 238 g/mol. The number of aliphatic hydroxyl groups is 1. The number of hydrogen-bond acceptors (Lipinski definition) is 2. The molecule has 98 valence electrons. The van der Waals surface area contributed by atoms with Gasteiger partial charge in [-0.15, -0.1) is 0 Å². The van der Waals surface area contributed by atoms with Crippen LogP contribution in [0.5, 0.6) is 0 Å². The lowest BCUT2D eigenvalue weighted by Gasteiger charge is -2.01. The lowest BCUT2D eigenvalue weighted by Crippen LogP contribution is -2.02. The normalized spacial score (nSPS) is 23.9. The zero-order chi connectivity index (χ0) is 12.9. The van der Waals surface area contributed by atoms with Gasteiger partial charge in [0.2, 0.25) is 0 Å². The second-order valence-corrected chi connectivity index (χ2v) is 5.57. The summed E-state index contributed by atoms with van der Waals surface area (Å²) in [5.41, 5.74) is 2.84. The highest BCUT2D eigenvalue weighted by Crippen LogP contribution is 2.38. The average Bonchev–Trinajstić information content (AvgIpc) is 2.84. The van der Waals surface area contributed by atoms with E-state index in [-0.39, 0.29) is 12.2 Å². The summed E-state index contributed by atoms with van der Waals surface area (Å²) in [6.45, 7) is 8.72. The van der Waals surface area contributed by atoms with Gasteiger partial charge in [0.05, 0.1) is 18.3 Å². The molecule has 0 radical (unpaired) electrons. The zero-order valence-corrected chi connectivity index (χ0v) is 11.6. The largest absolute Gasteiger partial charge is 0.392 e. The van der Waals surface area contributed by atoms with Crippen molar-refractivity contribution in [3.05, 3.63) is 23.3 Å². The second-order valence-electron chi connectivity index (χ2n) is 5.57. The van der Waals surface area contributed by atoms with Gasteiger partial charge in [-0.05, 0) is 53.4 Å². The van der Waals surface area contributed by atoms with Crippen LogP contribution in [-0.2, 0) is 4.74 Å². The minimum Gasteiger partial charge on any atom is -0.392 e. The molecule has 0 aromatic carbocycles. The molecule has 1 saturated heterocycles. The minimum absolute atomic E-state index is 0.126. The summed E-state index contributed by atoms with van der Waals surface area (Å²) in [6, 6.07) is 0. The molecule has 0 saturated carbocycles. The summed E-state index contributed by atoms with van der Waals surface area (Å²) >= 11 is 0. The Balaban J connectivity index is 2.15. The fourth-order valence-electron chi connectivity index (χ4n) is 2.00. The third-order valence-electron chi connectivity index (χ3n) is 3.44. The summed E-state index contributed by atoms with van der Waals surface area (Å²) in [6.07, 6.45) is 9.04. The summed E-state index contributed by atoms with van der Waals surface area (Å²) in [7, 11) is 0. The van der Waals surface area contributed by atoms with Gasteiger partial charge in [-0.25, -0.2) is 0 Å². The topological polar surface area (TPSA) is 32.8 Å². The second kappa shape index (κ2) is 6.36. The van der Waals surface area contributed by atoms with E-state index < -0.39 is 0 Å². The van der Waals surface area contributed by atoms with Crippen molar-refractivity contribution in [3.63, 3.8) is 0 Å². The summed E-state index contributed by atoms with van der Waals surface area (Å²) in [5.74, 6) is 0. The molecule has 1 aliphatic rings. The van der Waals surface area contributed by atoms with Crippen LogP contribution in [0.4, 0.5) is 0 Å². The van der Waals surface area contributed by atoms with E-state index in [4.69, 9.17) is 9.84 Å². The molecular weight excluding hydrogens is 212 g/mol. The van der Waals surface area contributed by atoms with E-state index in [0.717, 1.165) is 25.7 Å². The molecular formula is C15H26O2. The molecule has 1 rings (SSSR count). The van der Waals surface area contributed by atoms with Crippen LogP contribution in [0.1, 0.15) is 53.4 Å². The van der Waals surface area contributed by atoms with Crippen molar-refractivity contribution in [2.75, 3.05) is 6.61 Å². The molecule has 0 aliphatic carbocycles. The van der Waals surface area contributed by atoms with Crippen molar-refractivity contribution in [1.29, 1.82) is 0 Å². The Bertz CT molecular complexity index is 300. The Hall–Kier alpha value is -0.600. The van der Waals surface area contributed by atoms with Crippen molar-refractivity contribution >= 4 is 0 Å². The number of rotatable bonds is 7. The smallest absolute Gasteiger partial charge is 0.0892 e. The summed E-state index contributed by atoms with van der Waals surface area (Å²) < 4.78 is 5.57. The molecule has 1 aliphatic heterocycles. The van der Waals surface area contributed by atoms with Crippen LogP contribution in [0.15, 0.2) is 23.3 Å². The first-order valence-corrected chi connectivity index (χ1v) is 6.55. The van der Waals surface area contributed by atoms with Gasteiger partial charge in [0.25, 0.3) is 0 Å². The van der Waals surface area contributed by atoms with Crippen LogP contribution in [0.2, 0.25) is 0 Å². The number of hydrogen-bond donors (Lipinski definition) is 1. The summed E-state index contributed by atoms with van der Waals surface area (Å²) in [4.78, 5) is 0. The quantitative estimate of drug-likeness (QED) is 0.543. The van der Waals surface area contributed by atoms with Gasteiger partial charge in [0.15, 0.2) is 0 Å². The zero-order valence-electron chi connectivity index (χ0n) is 11.6. The third-order valence-corrected chi connectivity index (χ3v) is 3.44. The number of ether oxygens (including phenoxy) is 1. The Morgan fingerprint density at radius 3 is 2.29 bits per heavy atom. The van der Waals surface area contributed by atoms with Crippen LogP contribution in [0, 0.1) is 0 Å². The molecule has 1 N–H and O–H groups in total. The van der Waals surface area contributed by atoms with Crippen LogP contribution in [-0.4, -0.2) is 23.4 Å². The first-order valence-electron chi connectivity index (χ1n) is 6.55. The Kier molecular flexibility index (Phi) is 5.41. The molecule has 2 heteroatoms. The number of allylic oxidation sites excluding steroid dienone is 3. The molecule has 1 fully saturated rings. The van der Waals surface area contributed by atoms with Crippen LogP contribution < -0.4 is 0 Å². The maximum atomic E-state index is 8.74. The molecule has 17 heavy (non-hydrogen) atoms. The number of aliphatic hydroxyl groups excluding tert-OH is 1. The predicted molar refractivity (Wildman–Crippen MR) is 72.0 cm³/mol. The fourth-order valence-corrected chi connectivity index (χ4v) is 2.00. The van der Waals surface area contributed by atoms with Gasteiger partial charge in [-0.2, -0.15) is 0 Å². The molecule has 0 amide bonds. The van der Waals surface area contributed by atoms with Crippen molar-refractivity contribution in [3.8, 4) is 0 Å². The standard InChI is InChI=1S/C15H26O2/c1-12(6-5-7-13(2)10-11-16)8-9-14-15(3,4)17-14/h6,10,14,16H,5,7-9,11H2,1-4H3/b12-6+,13-10+/t14-/m0/s1. The first kappa shape index (κ1) is 14.5. The van der Waals surface area contributed by atoms with E-state index >= 15 is 0 Å². The third kappa shape index (κ3) is 5.51. The van der Waals surface area contributed by atoms with Gasteiger partial charge >= 0.3 is 0 Å². The highest BCUT2D eigenvalue weighted by molar-refractivity contribution is 5.05. The Morgan fingerprint density at radius 1 is 1.18 bits per heavy atom. The van der Waals surface area contributed by atoms with E-state index in [1.54, 1.807) is 0 Å². The van der Waals surface area contributed by atoms with Gasteiger partial charge in [-0.3, -0.25) is 0 Å². The van der Waals surface area contributed by atoms with Crippen molar-refractivity contribution in [2.45, 2.75) is 65.1 Å². The molecule has 0 spiro atoms. The van der Waals surface area contributed by atoms with Crippen molar-refractivity contribution in [1.82, 2.24) is 0 Å². The maximum absolute atomic E-state index is 8.74. The molecule has 0 aromatic heterocycles. The SMILES string of the molecule is C/C(=C\CO)CC/C=C(\C)CC[C@@H]1OC1(C)C. The van der Waals surface area contributed by atoms with E-state index in [9.17, 15) is 0 Å². The molecule has 0 unspecified atom stereocenters. The highest BCUT2D eigenvalue weighted by atomic mass is 16.6. The molecule has 1 heterocycles. The first-order chi connectivity index (χ1) is 7.95. The van der Waals surface area contributed by atoms with Gasteiger partial charge in [0.1, 0.15) is 0 Å². The molecule has 2 nitrogen and oxygen atoms in total. The van der Waals surface area contributed by atoms with Crippen LogP contribution in [0.25, 0.3) is 0 Å². The van der Waals surface area contributed by atoms with Crippen LogP contribution in [0.3, 0.4) is 0 Å². The lowest BCUT2D eigenvalue weighted by atomic mass is 10.0. The monoisotopic (exact) mass is 238 g/mol. The Labute approximate surface area is 105 Å². The Morgan fingerprint density at radius 2 is 1.76 bits per heavy atom.